The fourth-order valence-electron chi connectivity index (χ4n) is 1.50. The summed E-state index contributed by atoms with van der Waals surface area (Å²) in [7, 11) is 0. The van der Waals surface area contributed by atoms with Gasteiger partial charge >= 0.3 is 0 Å². The van der Waals surface area contributed by atoms with Gasteiger partial charge in [-0.25, -0.2) is 0 Å². The molecule has 0 fully saturated rings. The molecule has 98 valence electrons. The highest BCUT2D eigenvalue weighted by atomic mass is 32.2. The molecule has 1 amide bonds. The predicted molar refractivity (Wildman–Crippen MR) is 66.4 cm³/mol. The van der Waals surface area contributed by atoms with Crippen molar-refractivity contribution in [3.63, 3.8) is 0 Å². The third-order valence-corrected chi connectivity index (χ3v) is 3.54. The zero-order chi connectivity index (χ0) is 13.8. The van der Waals surface area contributed by atoms with Crippen LogP contribution in [0.15, 0.2) is 40.9 Å². The largest absolute Gasteiger partial charge is 0.303 e. The quantitative estimate of drug-likeness (QED) is 0.682. The number of hydrogen-bond acceptors (Lipinski definition) is 4. The van der Waals surface area contributed by atoms with Crippen LogP contribution in [0.25, 0.3) is 0 Å². The number of thioether (sulfide) groups is 1. The first-order valence-electron chi connectivity index (χ1n) is 5.34. The van der Waals surface area contributed by atoms with Crippen LogP contribution in [0.1, 0.15) is 5.56 Å². The van der Waals surface area contributed by atoms with Gasteiger partial charge in [-0.1, -0.05) is 46.6 Å². The van der Waals surface area contributed by atoms with E-state index >= 15 is 0 Å². The van der Waals surface area contributed by atoms with E-state index in [1.807, 2.05) is 30.3 Å². The Morgan fingerprint density at radius 1 is 1.42 bits per heavy atom. The molecule has 4 nitrogen and oxygen atoms in total. The number of amides is 1. The Morgan fingerprint density at radius 2 is 2.11 bits per heavy atom. The van der Waals surface area contributed by atoms with Gasteiger partial charge in [0.25, 0.3) is 12.3 Å². The van der Waals surface area contributed by atoms with Crippen LogP contribution in [0.5, 0.6) is 0 Å². The summed E-state index contributed by atoms with van der Waals surface area (Å²) in [6.45, 7) is 0. The summed E-state index contributed by atoms with van der Waals surface area (Å²) in [5, 5.41) is 10.00. The lowest BCUT2D eigenvalue weighted by molar-refractivity contribution is -0.130. The second-order valence-electron chi connectivity index (χ2n) is 3.69. The van der Waals surface area contributed by atoms with Gasteiger partial charge in [0.15, 0.2) is 0 Å². The van der Waals surface area contributed by atoms with Crippen LogP contribution in [0.3, 0.4) is 0 Å². The van der Waals surface area contributed by atoms with E-state index in [9.17, 15) is 13.7 Å². The summed E-state index contributed by atoms with van der Waals surface area (Å²) in [6, 6.07) is 10.7. The fraction of sp³-hybridized carbons (Fsp3) is 0.167. The summed E-state index contributed by atoms with van der Waals surface area (Å²) in [6.07, 6.45) is -2.26. The van der Waals surface area contributed by atoms with E-state index in [1.54, 1.807) is 11.4 Å². The first-order valence-corrected chi connectivity index (χ1v) is 6.33. The zero-order valence-electron chi connectivity index (χ0n) is 9.64. The molecule has 1 N–H and O–H groups in total. The van der Waals surface area contributed by atoms with E-state index in [4.69, 9.17) is 5.26 Å². The molecule has 0 spiro atoms. The Kier molecular flexibility index (Phi) is 4.02. The lowest BCUT2D eigenvalue weighted by Gasteiger charge is -2.26. The molecular weight excluding hydrogens is 272 g/mol. The van der Waals surface area contributed by atoms with Crippen LogP contribution in [0.2, 0.25) is 0 Å². The standard InChI is InChI=1S/C12H9F2N3OS/c13-12-16-10(18)9(6-15)11(17(12)14)19-7-8-4-2-1-3-5-8/h1-5,12H,7H2,(H,16,18). The van der Waals surface area contributed by atoms with Crippen molar-refractivity contribution < 1.29 is 13.7 Å². The van der Waals surface area contributed by atoms with Crippen molar-refractivity contribution >= 4 is 17.7 Å². The molecule has 7 heteroatoms. The Hall–Kier alpha value is -2.07. The van der Waals surface area contributed by atoms with Crippen LogP contribution in [0, 0.1) is 11.3 Å². The molecule has 1 aromatic rings. The fourth-order valence-corrected chi connectivity index (χ4v) is 2.50. The second kappa shape index (κ2) is 5.71. The molecule has 0 radical (unpaired) electrons. The molecule has 1 aliphatic heterocycles. The highest BCUT2D eigenvalue weighted by Crippen LogP contribution is 2.31. The number of halogens is 2. The molecule has 0 saturated heterocycles. The number of benzene rings is 1. The number of nitriles is 1. The summed E-state index contributed by atoms with van der Waals surface area (Å²) in [5.41, 5.74) is 0.462. The average Bonchev–Trinajstić information content (AvgIpc) is 2.42. The van der Waals surface area contributed by atoms with Crippen molar-refractivity contribution in [2.24, 2.45) is 0 Å². The van der Waals surface area contributed by atoms with Crippen LogP contribution in [0.4, 0.5) is 8.87 Å². The van der Waals surface area contributed by atoms with Crippen LogP contribution >= 0.6 is 11.8 Å². The van der Waals surface area contributed by atoms with E-state index in [1.165, 1.54) is 0 Å². The Morgan fingerprint density at radius 3 is 2.74 bits per heavy atom. The molecule has 2 rings (SSSR count). The topological polar surface area (TPSA) is 56.1 Å². The number of carbonyl (C=O) groups excluding carboxylic acids is 1. The van der Waals surface area contributed by atoms with Gasteiger partial charge in [0, 0.05) is 5.75 Å². The van der Waals surface area contributed by atoms with Gasteiger partial charge in [0.05, 0.1) is 0 Å². The molecule has 19 heavy (non-hydrogen) atoms. The van der Waals surface area contributed by atoms with E-state index in [-0.39, 0.29) is 10.2 Å². The third kappa shape index (κ3) is 2.85. The lowest BCUT2D eigenvalue weighted by atomic mass is 10.2. The minimum atomic E-state index is -2.26. The van der Waals surface area contributed by atoms with Gasteiger partial charge in [-0.2, -0.15) is 14.8 Å². The van der Waals surface area contributed by atoms with Crippen molar-refractivity contribution in [1.82, 2.24) is 10.4 Å². The average molecular weight is 281 g/mol. The summed E-state index contributed by atoms with van der Waals surface area (Å²) in [5.74, 6) is -0.568. The smallest absolute Gasteiger partial charge is 0.277 e. The molecule has 0 aromatic heterocycles. The highest BCUT2D eigenvalue weighted by molar-refractivity contribution is 8.02. The first kappa shape index (κ1) is 13.4. The maximum atomic E-state index is 13.6. The number of nitrogens with zero attached hydrogens (tertiary/aromatic N) is 2. The molecule has 0 saturated carbocycles. The predicted octanol–water partition coefficient (Wildman–Crippen LogP) is 2.22. The second-order valence-corrected chi connectivity index (χ2v) is 4.65. The number of hydrogen-bond donors (Lipinski definition) is 1. The van der Waals surface area contributed by atoms with Crippen molar-refractivity contribution in [1.29, 1.82) is 5.26 Å². The molecule has 1 atom stereocenters. The van der Waals surface area contributed by atoms with Crippen molar-refractivity contribution in [3.05, 3.63) is 46.5 Å². The number of nitrogens with one attached hydrogen (secondary N) is 1. The Labute approximate surface area is 112 Å². The van der Waals surface area contributed by atoms with Crippen molar-refractivity contribution in [2.45, 2.75) is 12.2 Å². The Bertz CT molecular complexity index is 556. The van der Waals surface area contributed by atoms with E-state index < -0.39 is 17.9 Å². The normalized spacial score (nSPS) is 19.1. The molecule has 1 aliphatic rings. The van der Waals surface area contributed by atoms with Gasteiger partial charge in [-0.05, 0) is 5.56 Å². The van der Waals surface area contributed by atoms with Crippen molar-refractivity contribution in [3.8, 4) is 6.07 Å². The van der Waals surface area contributed by atoms with Gasteiger partial charge < -0.3 is 5.32 Å². The van der Waals surface area contributed by atoms with E-state index in [0.717, 1.165) is 17.3 Å². The van der Waals surface area contributed by atoms with Crippen LogP contribution in [-0.2, 0) is 10.5 Å². The number of carbonyl (C=O) groups is 1. The Balaban J connectivity index is 2.20. The molecule has 1 aromatic carbocycles. The number of rotatable bonds is 3. The van der Waals surface area contributed by atoms with Crippen molar-refractivity contribution in [2.75, 3.05) is 0 Å². The van der Waals surface area contributed by atoms with Gasteiger partial charge in [0.2, 0.25) is 0 Å². The highest BCUT2D eigenvalue weighted by Gasteiger charge is 2.34. The lowest BCUT2D eigenvalue weighted by Crippen LogP contribution is -2.46. The van der Waals surface area contributed by atoms with Crippen LogP contribution in [-0.4, -0.2) is 17.4 Å². The summed E-state index contributed by atoms with van der Waals surface area (Å²) >= 11 is 0.906. The molecule has 1 unspecified atom stereocenters. The minimum absolute atomic E-state index is 0.242. The monoisotopic (exact) mass is 281 g/mol. The molecule has 0 aliphatic carbocycles. The van der Waals surface area contributed by atoms with Gasteiger partial charge in [-0.3, -0.25) is 4.79 Å². The van der Waals surface area contributed by atoms with Gasteiger partial charge in [-0.15, -0.1) is 0 Å². The zero-order valence-corrected chi connectivity index (χ0v) is 10.5. The van der Waals surface area contributed by atoms with Gasteiger partial charge in [0.1, 0.15) is 16.7 Å². The van der Waals surface area contributed by atoms with E-state index in [2.05, 4.69) is 0 Å². The number of alkyl halides is 1. The van der Waals surface area contributed by atoms with Crippen LogP contribution < -0.4 is 5.32 Å². The third-order valence-electron chi connectivity index (χ3n) is 2.41. The molecule has 0 bridgehead atoms. The molecule has 1 heterocycles. The first-order chi connectivity index (χ1) is 9.13. The SMILES string of the molecule is N#CC1=C(SCc2ccccc2)N(F)C(F)NC1=O. The van der Waals surface area contributed by atoms with E-state index in [0.29, 0.717) is 5.75 Å². The molecular formula is C12H9F2N3OS. The summed E-state index contributed by atoms with van der Waals surface area (Å²) in [4.78, 5) is 11.4. The maximum Gasteiger partial charge on any atom is 0.277 e. The maximum absolute atomic E-state index is 13.6. The minimum Gasteiger partial charge on any atom is -0.303 e. The summed E-state index contributed by atoms with van der Waals surface area (Å²) < 4.78 is 26.7.